The Morgan fingerprint density at radius 2 is 1.47 bits per heavy atom. The van der Waals surface area contributed by atoms with Gasteiger partial charge in [-0.3, -0.25) is 0 Å². The number of hydrogen-bond donors (Lipinski definition) is 2. The van der Waals surface area contributed by atoms with Crippen LogP contribution in [0.5, 0.6) is 0 Å². The molecule has 0 amide bonds. The Labute approximate surface area is 99.2 Å². The van der Waals surface area contributed by atoms with Crippen molar-refractivity contribution >= 4 is 21.4 Å². The van der Waals surface area contributed by atoms with Crippen LogP contribution in [0.3, 0.4) is 0 Å². The van der Waals surface area contributed by atoms with Crippen LogP contribution in [0.4, 0.5) is 0 Å². The maximum Gasteiger partial charge on any atom is 0.501 e. The Hall–Kier alpha value is 0.407. The van der Waals surface area contributed by atoms with Gasteiger partial charge in [0.2, 0.25) is 0 Å². The Balaban J connectivity index is 4.31. The Kier molecular flexibility index (Phi) is 8.78. The first kappa shape index (κ1) is 15.4. The van der Waals surface area contributed by atoms with Crippen molar-refractivity contribution in [2.45, 2.75) is 38.6 Å². The molecule has 0 radical (unpaired) electrons. The molecule has 0 aromatic rings. The summed E-state index contributed by atoms with van der Waals surface area (Å²) < 4.78 is 17.0. The standard InChI is InChI=1S/C9H23NO3SSi/c1-4-11-15(12-5-2,13-6-3)8-7-9(10)14/h9,14H,4-8,10H2,1-3H3. The van der Waals surface area contributed by atoms with Crippen LogP contribution in [0.15, 0.2) is 0 Å². The molecule has 92 valence electrons. The summed E-state index contributed by atoms with van der Waals surface area (Å²) in [6.45, 7) is 7.65. The van der Waals surface area contributed by atoms with Gasteiger partial charge in [-0.25, -0.2) is 0 Å². The molecule has 0 aromatic carbocycles. The molecule has 0 aliphatic heterocycles. The van der Waals surface area contributed by atoms with Gasteiger partial charge >= 0.3 is 8.80 Å². The molecule has 0 bridgehead atoms. The second kappa shape index (κ2) is 8.55. The summed E-state index contributed by atoms with van der Waals surface area (Å²) >= 11 is 4.15. The molecular weight excluding hydrogens is 230 g/mol. The van der Waals surface area contributed by atoms with Crippen LogP contribution in [0.25, 0.3) is 0 Å². The number of rotatable bonds is 9. The van der Waals surface area contributed by atoms with Crippen molar-refractivity contribution in [1.29, 1.82) is 0 Å². The molecule has 0 fully saturated rings. The average Bonchev–Trinajstić information content (AvgIpc) is 2.16. The molecule has 2 N–H and O–H groups in total. The maximum atomic E-state index is 5.67. The maximum absolute atomic E-state index is 5.67. The third-order valence-corrected chi connectivity index (χ3v) is 5.18. The van der Waals surface area contributed by atoms with Crippen molar-refractivity contribution in [3.63, 3.8) is 0 Å². The molecule has 1 unspecified atom stereocenters. The summed E-state index contributed by atoms with van der Waals surface area (Å²) in [4.78, 5) is 0. The van der Waals surface area contributed by atoms with Gasteiger partial charge in [0.1, 0.15) is 0 Å². The van der Waals surface area contributed by atoms with Crippen LogP contribution in [-0.4, -0.2) is 34.0 Å². The average molecular weight is 253 g/mol. The molecular formula is C9H23NO3SSi. The molecule has 0 heterocycles. The van der Waals surface area contributed by atoms with E-state index >= 15 is 0 Å². The van der Waals surface area contributed by atoms with Crippen LogP contribution in [0, 0.1) is 0 Å². The van der Waals surface area contributed by atoms with Crippen molar-refractivity contribution < 1.29 is 13.3 Å². The Morgan fingerprint density at radius 3 is 1.73 bits per heavy atom. The highest BCUT2D eigenvalue weighted by atomic mass is 32.1. The molecule has 0 rings (SSSR count). The van der Waals surface area contributed by atoms with E-state index in [0.29, 0.717) is 19.8 Å². The molecule has 0 aromatic heterocycles. The highest BCUT2D eigenvalue weighted by Crippen LogP contribution is 2.19. The normalized spacial score (nSPS) is 14.2. The molecule has 0 aliphatic rings. The SMILES string of the molecule is CCO[Si](CCC(N)S)(OCC)OCC. The van der Waals surface area contributed by atoms with Crippen LogP contribution in [-0.2, 0) is 13.3 Å². The van der Waals surface area contributed by atoms with Gasteiger partial charge in [-0.2, -0.15) is 12.6 Å². The summed E-state index contributed by atoms with van der Waals surface area (Å²) in [7, 11) is -2.49. The minimum absolute atomic E-state index is 0.141. The van der Waals surface area contributed by atoms with E-state index in [2.05, 4.69) is 12.6 Å². The number of thiol groups is 1. The van der Waals surface area contributed by atoms with Gasteiger partial charge in [0, 0.05) is 31.2 Å². The summed E-state index contributed by atoms with van der Waals surface area (Å²) in [5.74, 6) is 0. The second-order valence-corrected chi connectivity index (χ2v) is 6.48. The van der Waals surface area contributed by atoms with Gasteiger partial charge in [0.05, 0.1) is 0 Å². The zero-order chi connectivity index (χ0) is 11.7. The predicted molar refractivity (Wildman–Crippen MR) is 67.0 cm³/mol. The van der Waals surface area contributed by atoms with Crippen molar-refractivity contribution in [3.8, 4) is 0 Å². The zero-order valence-electron chi connectivity index (χ0n) is 9.86. The minimum atomic E-state index is -2.49. The predicted octanol–water partition coefficient (Wildman–Crippen LogP) is 1.64. The van der Waals surface area contributed by atoms with Gasteiger partial charge in [0.15, 0.2) is 0 Å². The fourth-order valence-corrected chi connectivity index (χ4v) is 4.37. The van der Waals surface area contributed by atoms with Gasteiger partial charge in [-0.1, -0.05) is 0 Å². The van der Waals surface area contributed by atoms with Crippen LogP contribution >= 0.6 is 12.6 Å². The lowest BCUT2D eigenvalue weighted by Crippen LogP contribution is -2.46. The lowest BCUT2D eigenvalue weighted by atomic mass is 10.5. The van der Waals surface area contributed by atoms with Crippen molar-refractivity contribution in [2.75, 3.05) is 19.8 Å². The molecule has 15 heavy (non-hydrogen) atoms. The van der Waals surface area contributed by atoms with Gasteiger partial charge in [0.25, 0.3) is 0 Å². The van der Waals surface area contributed by atoms with Crippen molar-refractivity contribution in [2.24, 2.45) is 5.73 Å². The first-order chi connectivity index (χ1) is 7.10. The molecule has 0 saturated carbocycles. The Morgan fingerprint density at radius 1 is 1.07 bits per heavy atom. The van der Waals surface area contributed by atoms with Gasteiger partial charge in [-0.15, -0.1) is 0 Å². The van der Waals surface area contributed by atoms with Crippen LogP contribution in [0.2, 0.25) is 6.04 Å². The van der Waals surface area contributed by atoms with Gasteiger partial charge in [-0.05, 0) is 27.2 Å². The molecule has 0 saturated heterocycles. The van der Waals surface area contributed by atoms with E-state index in [1.165, 1.54) is 0 Å². The fourth-order valence-electron chi connectivity index (χ4n) is 1.33. The number of nitrogens with two attached hydrogens (primary N) is 1. The van der Waals surface area contributed by atoms with E-state index in [4.69, 9.17) is 19.0 Å². The summed E-state index contributed by atoms with van der Waals surface area (Å²) in [6.07, 6.45) is 0.745. The zero-order valence-corrected chi connectivity index (χ0v) is 11.8. The summed E-state index contributed by atoms with van der Waals surface area (Å²) in [5, 5.41) is -0.141. The minimum Gasteiger partial charge on any atom is -0.374 e. The summed E-state index contributed by atoms with van der Waals surface area (Å²) in [5.41, 5.74) is 5.61. The van der Waals surface area contributed by atoms with E-state index < -0.39 is 8.80 Å². The molecule has 0 spiro atoms. The van der Waals surface area contributed by atoms with Crippen molar-refractivity contribution in [1.82, 2.24) is 0 Å². The van der Waals surface area contributed by atoms with E-state index in [9.17, 15) is 0 Å². The van der Waals surface area contributed by atoms with Crippen LogP contribution < -0.4 is 5.73 Å². The monoisotopic (exact) mass is 253 g/mol. The molecule has 0 aliphatic carbocycles. The van der Waals surface area contributed by atoms with E-state index in [1.54, 1.807) is 0 Å². The lowest BCUT2D eigenvalue weighted by molar-refractivity contribution is 0.0708. The quantitative estimate of drug-likeness (QED) is 0.373. The largest absolute Gasteiger partial charge is 0.501 e. The van der Waals surface area contributed by atoms with E-state index in [1.807, 2.05) is 20.8 Å². The molecule has 1 atom stereocenters. The highest BCUT2D eigenvalue weighted by molar-refractivity contribution is 7.80. The lowest BCUT2D eigenvalue weighted by Gasteiger charge is -2.28. The first-order valence-corrected chi connectivity index (χ1v) is 7.90. The van der Waals surface area contributed by atoms with Crippen LogP contribution in [0.1, 0.15) is 27.2 Å². The molecule has 4 nitrogen and oxygen atoms in total. The third kappa shape index (κ3) is 6.55. The molecule has 6 heteroatoms. The van der Waals surface area contributed by atoms with E-state index in [-0.39, 0.29) is 5.37 Å². The highest BCUT2D eigenvalue weighted by Gasteiger charge is 2.39. The second-order valence-electron chi connectivity index (χ2n) is 3.09. The summed E-state index contributed by atoms with van der Waals surface area (Å²) in [6, 6.07) is 0.729. The number of hydrogen-bond acceptors (Lipinski definition) is 5. The van der Waals surface area contributed by atoms with E-state index in [0.717, 1.165) is 12.5 Å². The van der Waals surface area contributed by atoms with Crippen molar-refractivity contribution in [3.05, 3.63) is 0 Å². The first-order valence-electron chi connectivity index (χ1n) is 5.45. The Bertz CT molecular complexity index is 143. The topological polar surface area (TPSA) is 53.7 Å². The third-order valence-electron chi connectivity index (χ3n) is 1.84. The van der Waals surface area contributed by atoms with Gasteiger partial charge < -0.3 is 19.0 Å². The fraction of sp³-hybridized carbons (Fsp3) is 1.00. The smallest absolute Gasteiger partial charge is 0.374 e.